The molecule has 0 saturated carbocycles. The number of nitrogens with zero attached hydrogens (tertiary/aromatic N) is 1. The van der Waals surface area contributed by atoms with E-state index in [-0.39, 0.29) is 0 Å². The molecule has 1 aromatic heterocycles. The van der Waals surface area contributed by atoms with E-state index >= 15 is 0 Å². The first-order chi connectivity index (χ1) is 30.2. The molecule has 0 spiro atoms. The molecule has 1 nitrogen and oxygen atoms in total. The Kier molecular flexibility index (Phi) is 8.25. The second-order valence-corrected chi connectivity index (χ2v) is 16.2. The maximum Gasteiger partial charge on any atom is 0.0553 e. The number of benzene rings is 11. The van der Waals surface area contributed by atoms with E-state index in [1.54, 1.807) is 0 Å². The van der Waals surface area contributed by atoms with Crippen LogP contribution in [0.25, 0.3) is 116 Å². The van der Waals surface area contributed by atoms with Crippen LogP contribution < -0.4 is 0 Å². The first-order valence-corrected chi connectivity index (χ1v) is 21.1. The molecule has 12 aromatic rings. The average molecular weight is 774 g/mol. The maximum absolute atomic E-state index is 2.46. The highest BCUT2D eigenvalue weighted by Gasteiger charge is 2.19. The van der Waals surface area contributed by atoms with Gasteiger partial charge in [-0.15, -0.1) is 0 Å². The van der Waals surface area contributed by atoms with Crippen LogP contribution in [0.1, 0.15) is 0 Å². The highest BCUT2D eigenvalue weighted by Crippen LogP contribution is 2.42. The minimum Gasteiger partial charge on any atom is -0.309 e. The first kappa shape index (κ1) is 35.0. The lowest BCUT2D eigenvalue weighted by Crippen LogP contribution is -1.94. The molecule has 1 heteroatoms. The SMILES string of the molecule is c1ccc(-c2cccc(-c3cc(-c4ccc(-c5cc6ccc7cccc8c7c6c(c5)n8-c5ccc6ccccc6c5)cc4)cc(-c4cccc(-c5ccccc5)c4)c3)c2)cc1. The van der Waals surface area contributed by atoms with E-state index in [2.05, 4.69) is 241 Å². The summed E-state index contributed by atoms with van der Waals surface area (Å²) in [7, 11) is 0. The molecule has 12 rings (SSSR count). The van der Waals surface area contributed by atoms with Crippen LogP contribution in [0.5, 0.6) is 0 Å². The van der Waals surface area contributed by atoms with E-state index < -0.39 is 0 Å². The molecule has 0 radical (unpaired) electrons. The molecule has 0 aliphatic heterocycles. The molecule has 1 heterocycles. The Hall–Kier alpha value is -8.00. The van der Waals surface area contributed by atoms with Crippen molar-refractivity contribution in [2.24, 2.45) is 0 Å². The normalized spacial score (nSPS) is 11.6. The Bertz CT molecular complexity index is 3460. The van der Waals surface area contributed by atoms with Crippen molar-refractivity contribution < 1.29 is 0 Å². The van der Waals surface area contributed by atoms with Crippen molar-refractivity contribution in [3.05, 3.63) is 237 Å². The summed E-state index contributed by atoms with van der Waals surface area (Å²) in [5.74, 6) is 0. The third kappa shape index (κ3) is 6.18. The van der Waals surface area contributed by atoms with Gasteiger partial charge in [-0.3, -0.25) is 0 Å². The van der Waals surface area contributed by atoms with Crippen molar-refractivity contribution in [2.45, 2.75) is 0 Å². The quantitative estimate of drug-likeness (QED) is 0.142. The van der Waals surface area contributed by atoms with Gasteiger partial charge in [-0.1, -0.05) is 176 Å². The van der Waals surface area contributed by atoms with Gasteiger partial charge in [-0.2, -0.15) is 0 Å². The molecule has 0 fully saturated rings. The van der Waals surface area contributed by atoms with Crippen molar-refractivity contribution in [3.63, 3.8) is 0 Å². The Morgan fingerprint density at radius 3 is 1.23 bits per heavy atom. The summed E-state index contributed by atoms with van der Waals surface area (Å²) >= 11 is 0. The standard InChI is InChI=1S/C60H39N/c1-3-12-40(13-4-1)46-19-9-21-48(32-46)53-35-52(36-54(37-53)49-22-10-20-47(33-49)41-14-5-2-6-15-41)43-24-26-44(27-25-43)55-34-51-29-28-45-18-11-23-57-59(45)60(51)58(39-55)61(57)56-31-30-42-16-7-8-17-50(42)38-56/h1-39H. The smallest absolute Gasteiger partial charge is 0.0553 e. The number of fused-ring (bicyclic) bond motifs is 1. The van der Waals surface area contributed by atoms with Gasteiger partial charge in [0.2, 0.25) is 0 Å². The van der Waals surface area contributed by atoms with Gasteiger partial charge in [0, 0.05) is 16.5 Å². The summed E-state index contributed by atoms with van der Waals surface area (Å²) in [6.45, 7) is 0. The highest BCUT2D eigenvalue weighted by molar-refractivity contribution is 6.25. The van der Waals surface area contributed by atoms with E-state index in [4.69, 9.17) is 0 Å². The van der Waals surface area contributed by atoms with E-state index in [1.165, 1.54) is 116 Å². The van der Waals surface area contributed by atoms with Gasteiger partial charge in [0.1, 0.15) is 0 Å². The van der Waals surface area contributed by atoms with Crippen molar-refractivity contribution in [1.82, 2.24) is 4.57 Å². The zero-order valence-electron chi connectivity index (χ0n) is 33.5. The number of rotatable bonds is 7. The van der Waals surface area contributed by atoms with Crippen LogP contribution in [0, 0.1) is 0 Å². The predicted octanol–water partition coefficient (Wildman–Crippen LogP) is 16.5. The molecule has 0 unspecified atom stereocenters. The van der Waals surface area contributed by atoms with Gasteiger partial charge in [-0.05, 0) is 149 Å². The van der Waals surface area contributed by atoms with Crippen LogP contribution in [0.4, 0.5) is 0 Å². The molecular weight excluding hydrogens is 735 g/mol. The van der Waals surface area contributed by atoms with Crippen molar-refractivity contribution in [3.8, 4) is 72.4 Å². The molecule has 0 atom stereocenters. The van der Waals surface area contributed by atoms with Crippen molar-refractivity contribution >= 4 is 43.4 Å². The molecule has 0 aliphatic rings. The van der Waals surface area contributed by atoms with Gasteiger partial charge in [0.25, 0.3) is 0 Å². The third-order valence-electron chi connectivity index (χ3n) is 12.5. The molecule has 284 valence electrons. The molecule has 0 aliphatic carbocycles. The van der Waals surface area contributed by atoms with Crippen molar-refractivity contribution in [2.75, 3.05) is 0 Å². The minimum atomic E-state index is 1.18. The molecule has 0 bridgehead atoms. The van der Waals surface area contributed by atoms with Crippen LogP contribution >= 0.6 is 0 Å². The van der Waals surface area contributed by atoms with E-state index in [0.717, 1.165) is 0 Å². The Labute approximate surface area is 355 Å². The van der Waals surface area contributed by atoms with Crippen LogP contribution in [-0.4, -0.2) is 4.57 Å². The lowest BCUT2D eigenvalue weighted by Gasteiger charge is -2.14. The van der Waals surface area contributed by atoms with E-state index in [9.17, 15) is 0 Å². The topological polar surface area (TPSA) is 4.93 Å². The lowest BCUT2D eigenvalue weighted by molar-refractivity contribution is 1.19. The fourth-order valence-electron chi connectivity index (χ4n) is 9.45. The Morgan fingerprint density at radius 1 is 0.197 bits per heavy atom. The lowest BCUT2D eigenvalue weighted by atomic mass is 9.90. The fourth-order valence-corrected chi connectivity index (χ4v) is 9.45. The van der Waals surface area contributed by atoms with E-state index in [1.807, 2.05) is 0 Å². The van der Waals surface area contributed by atoms with Crippen LogP contribution in [0.2, 0.25) is 0 Å². The first-order valence-electron chi connectivity index (χ1n) is 21.1. The molecule has 0 N–H and O–H groups in total. The minimum absolute atomic E-state index is 1.18. The number of aromatic nitrogens is 1. The molecule has 0 saturated heterocycles. The van der Waals surface area contributed by atoms with Crippen LogP contribution in [-0.2, 0) is 0 Å². The summed E-state index contributed by atoms with van der Waals surface area (Å²) in [4.78, 5) is 0. The summed E-state index contributed by atoms with van der Waals surface area (Å²) in [5.41, 5.74) is 18.0. The van der Waals surface area contributed by atoms with Gasteiger partial charge in [-0.25, -0.2) is 0 Å². The summed E-state index contributed by atoms with van der Waals surface area (Å²) < 4.78 is 2.46. The molecule has 11 aromatic carbocycles. The third-order valence-corrected chi connectivity index (χ3v) is 12.5. The summed E-state index contributed by atoms with van der Waals surface area (Å²) in [6, 6.07) is 86.8. The monoisotopic (exact) mass is 773 g/mol. The maximum atomic E-state index is 2.46. The average Bonchev–Trinajstić information content (AvgIpc) is 3.69. The van der Waals surface area contributed by atoms with Gasteiger partial charge >= 0.3 is 0 Å². The Morgan fingerprint density at radius 2 is 0.607 bits per heavy atom. The van der Waals surface area contributed by atoms with E-state index in [0.29, 0.717) is 0 Å². The molecular formula is C60H39N. The fraction of sp³-hybridized carbons (Fsp3) is 0. The van der Waals surface area contributed by atoms with Gasteiger partial charge in [0.15, 0.2) is 0 Å². The van der Waals surface area contributed by atoms with Gasteiger partial charge < -0.3 is 4.57 Å². The molecule has 61 heavy (non-hydrogen) atoms. The van der Waals surface area contributed by atoms with Crippen LogP contribution in [0.3, 0.4) is 0 Å². The second kappa shape index (κ2) is 14.4. The Balaban J connectivity index is 0.983. The van der Waals surface area contributed by atoms with Gasteiger partial charge in [0.05, 0.1) is 11.0 Å². The largest absolute Gasteiger partial charge is 0.309 e. The van der Waals surface area contributed by atoms with Crippen LogP contribution in [0.15, 0.2) is 237 Å². The number of hydrogen-bond acceptors (Lipinski definition) is 0. The molecule has 0 amide bonds. The zero-order chi connectivity index (χ0) is 40.3. The zero-order valence-corrected chi connectivity index (χ0v) is 33.5. The summed E-state index contributed by atoms with van der Waals surface area (Å²) in [5, 5.41) is 7.66. The van der Waals surface area contributed by atoms with Crippen molar-refractivity contribution in [1.29, 1.82) is 0 Å². The predicted molar refractivity (Wildman–Crippen MR) is 260 cm³/mol. The highest BCUT2D eigenvalue weighted by atomic mass is 15.0. The second-order valence-electron chi connectivity index (χ2n) is 16.2. The summed E-state index contributed by atoms with van der Waals surface area (Å²) in [6.07, 6.45) is 0. The number of hydrogen-bond donors (Lipinski definition) is 0.